The summed E-state index contributed by atoms with van der Waals surface area (Å²) in [4.78, 5) is 19.0. The number of piperidine rings is 1. The number of hydrogen-bond acceptors (Lipinski definition) is 4. The number of carbonyl (C=O) groups excluding carboxylic acids is 1. The van der Waals surface area contributed by atoms with E-state index in [1.165, 1.54) is 5.56 Å². The quantitative estimate of drug-likeness (QED) is 0.876. The summed E-state index contributed by atoms with van der Waals surface area (Å²) in [6, 6.07) is 1.98. The van der Waals surface area contributed by atoms with E-state index in [2.05, 4.69) is 15.2 Å². The Kier molecular flexibility index (Phi) is 5.76. The van der Waals surface area contributed by atoms with Gasteiger partial charge in [-0.1, -0.05) is 20.8 Å². The Morgan fingerprint density at radius 1 is 1.43 bits per heavy atom. The van der Waals surface area contributed by atoms with E-state index in [1.807, 2.05) is 40.0 Å². The summed E-state index contributed by atoms with van der Waals surface area (Å²) in [6.07, 6.45) is 4.11. The Morgan fingerprint density at radius 3 is 2.70 bits per heavy atom. The monoisotopic (exact) mass is 319 g/mol. The van der Waals surface area contributed by atoms with Crippen molar-refractivity contribution in [3.8, 4) is 0 Å². The minimum atomic E-state index is -0.393. The van der Waals surface area contributed by atoms with Crippen molar-refractivity contribution in [2.24, 2.45) is 5.41 Å². The highest BCUT2D eigenvalue weighted by molar-refractivity contribution is 5.94. The predicted octanol–water partition coefficient (Wildman–Crippen LogP) is 2.72. The Bertz CT molecular complexity index is 549. The molecular weight excluding hydrogens is 290 g/mol. The van der Waals surface area contributed by atoms with Crippen LogP contribution in [0.3, 0.4) is 0 Å². The largest absolute Gasteiger partial charge is 0.393 e. The standard InChI is InChI=1S/C18H29N3O2/c1-5-18(3,4)17(23)20-16-10-14(13(2)11-19-16)12-21-8-6-15(22)7-9-21/h10-11,15,22H,5-9,12H2,1-4H3,(H,19,20,23). The lowest BCUT2D eigenvalue weighted by Crippen LogP contribution is -2.35. The van der Waals surface area contributed by atoms with E-state index in [4.69, 9.17) is 0 Å². The highest BCUT2D eigenvalue weighted by atomic mass is 16.3. The molecule has 0 spiro atoms. The Balaban J connectivity index is 2.05. The second-order valence-corrected chi connectivity index (χ2v) is 7.19. The molecule has 1 amide bonds. The summed E-state index contributed by atoms with van der Waals surface area (Å²) in [6.45, 7) is 10.6. The number of nitrogens with zero attached hydrogens (tertiary/aromatic N) is 2. The van der Waals surface area contributed by atoms with Gasteiger partial charge >= 0.3 is 0 Å². The van der Waals surface area contributed by atoms with Crippen LogP contribution in [0.15, 0.2) is 12.3 Å². The minimum absolute atomic E-state index is 0.00315. The number of aromatic nitrogens is 1. The number of pyridine rings is 1. The Hall–Kier alpha value is -1.46. The van der Waals surface area contributed by atoms with Crippen molar-refractivity contribution >= 4 is 11.7 Å². The van der Waals surface area contributed by atoms with Crippen LogP contribution in [0.2, 0.25) is 0 Å². The molecule has 128 valence electrons. The number of carbonyl (C=O) groups is 1. The van der Waals surface area contributed by atoms with Crippen LogP contribution in [-0.2, 0) is 11.3 Å². The van der Waals surface area contributed by atoms with E-state index in [1.54, 1.807) is 0 Å². The molecule has 0 aromatic carbocycles. The number of amides is 1. The molecule has 0 saturated carbocycles. The second-order valence-electron chi connectivity index (χ2n) is 7.19. The summed E-state index contributed by atoms with van der Waals surface area (Å²) in [5.74, 6) is 0.623. The SMILES string of the molecule is CCC(C)(C)C(=O)Nc1cc(CN2CCC(O)CC2)c(C)cn1. The smallest absolute Gasteiger partial charge is 0.231 e. The van der Waals surface area contributed by atoms with Crippen molar-refractivity contribution < 1.29 is 9.90 Å². The number of nitrogens with one attached hydrogen (secondary N) is 1. The number of hydrogen-bond donors (Lipinski definition) is 2. The Morgan fingerprint density at radius 2 is 2.09 bits per heavy atom. The zero-order valence-corrected chi connectivity index (χ0v) is 14.7. The third kappa shape index (κ3) is 4.75. The van der Waals surface area contributed by atoms with Gasteiger partial charge in [0.05, 0.1) is 6.10 Å². The molecule has 0 unspecified atom stereocenters. The first-order chi connectivity index (χ1) is 10.8. The Labute approximate surface area is 139 Å². The van der Waals surface area contributed by atoms with Gasteiger partial charge in [0, 0.05) is 31.2 Å². The number of anilines is 1. The van der Waals surface area contributed by atoms with Gasteiger partial charge < -0.3 is 10.4 Å². The van der Waals surface area contributed by atoms with Gasteiger partial charge in [-0.2, -0.15) is 0 Å². The molecule has 1 aromatic heterocycles. The fraction of sp³-hybridized carbons (Fsp3) is 0.667. The predicted molar refractivity (Wildman–Crippen MR) is 92.2 cm³/mol. The van der Waals surface area contributed by atoms with Gasteiger partial charge in [-0.15, -0.1) is 0 Å². The van der Waals surface area contributed by atoms with E-state index in [0.717, 1.165) is 44.5 Å². The van der Waals surface area contributed by atoms with Crippen LogP contribution >= 0.6 is 0 Å². The lowest BCUT2D eigenvalue weighted by Gasteiger charge is -2.30. The molecular formula is C18H29N3O2. The summed E-state index contributed by atoms with van der Waals surface area (Å²) in [7, 11) is 0. The molecule has 0 radical (unpaired) electrons. The highest BCUT2D eigenvalue weighted by Gasteiger charge is 2.25. The summed E-state index contributed by atoms with van der Waals surface area (Å²) in [5.41, 5.74) is 1.92. The average molecular weight is 319 g/mol. The maximum Gasteiger partial charge on any atom is 0.231 e. The molecule has 5 heteroatoms. The normalized spacial score (nSPS) is 17.3. The van der Waals surface area contributed by atoms with E-state index < -0.39 is 5.41 Å². The molecule has 2 heterocycles. The molecule has 5 nitrogen and oxygen atoms in total. The molecule has 1 aliphatic heterocycles. The van der Waals surface area contributed by atoms with E-state index in [9.17, 15) is 9.90 Å². The third-order valence-corrected chi connectivity index (χ3v) is 4.91. The van der Waals surface area contributed by atoms with Crippen LogP contribution in [0.1, 0.15) is 51.2 Å². The molecule has 0 aliphatic carbocycles. The number of likely N-dealkylation sites (tertiary alicyclic amines) is 1. The first-order valence-corrected chi connectivity index (χ1v) is 8.49. The van der Waals surface area contributed by atoms with Crippen molar-refractivity contribution in [2.75, 3.05) is 18.4 Å². The molecule has 0 bridgehead atoms. The average Bonchev–Trinajstić information content (AvgIpc) is 2.52. The van der Waals surface area contributed by atoms with Crippen LogP contribution in [0, 0.1) is 12.3 Å². The summed E-state index contributed by atoms with van der Waals surface area (Å²) >= 11 is 0. The minimum Gasteiger partial charge on any atom is -0.393 e. The zero-order valence-electron chi connectivity index (χ0n) is 14.7. The molecule has 1 aliphatic rings. The van der Waals surface area contributed by atoms with Crippen molar-refractivity contribution in [3.63, 3.8) is 0 Å². The van der Waals surface area contributed by atoms with Crippen LogP contribution < -0.4 is 5.32 Å². The molecule has 1 aromatic rings. The maximum atomic E-state index is 12.3. The molecule has 23 heavy (non-hydrogen) atoms. The van der Waals surface area contributed by atoms with Gasteiger partial charge in [0.1, 0.15) is 5.82 Å². The van der Waals surface area contributed by atoms with Gasteiger partial charge in [0.15, 0.2) is 0 Å². The number of rotatable bonds is 5. The molecule has 1 saturated heterocycles. The van der Waals surface area contributed by atoms with Crippen molar-refractivity contribution in [1.29, 1.82) is 0 Å². The molecule has 0 atom stereocenters. The zero-order chi connectivity index (χ0) is 17.0. The van der Waals surface area contributed by atoms with Crippen molar-refractivity contribution in [2.45, 2.75) is 59.6 Å². The van der Waals surface area contributed by atoms with Gasteiger partial charge in [-0.25, -0.2) is 4.98 Å². The number of aliphatic hydroxyl groups is 1. The van der Waals surface area contributed by atoms with Crippen molar-refractivity contribution in [1.82, 2.24) is 9.88 Å². The lowest BCUT2D eigenvalue weighted by atomic mass is 9.89. The number of aliphatic hydroxyl groups excluding tert-OH is 1. The van der Waals surface area contributed by atoms with Gasteiger partial charge in [-0.05, 0) is 43.4 Å². The number of aryl methyl sites for hydroxylation is 1. The topological polar surface area (TPSA) is 65.5 Å². The van der Waals surface area contributed by atoms with Gasteiger partial charge in [0.25, 0.3) is 0 Å². The fourth-order valence-electron chi connectivity index (χ4n) is 2.57. The van der Waals surface area contributed by atoms with Crippen molar-refractivity contribution in [3.05, 3.63) is 23.4 Å². The van der Waals surface area contributed by atoms with Gasteiger partial charge in [-0.3, -0.25) is 9.69 Å². The first-order valence-electron chi connectivity index (χ1n) is 8.49. The van der Waals surface area contributed by atoms with Crippen LogP contribution in [-0.4, -0.2) is 40.1 Å². The second kappa shape index (κ2) is 7.41. The van der Waals surface area contributed by atoms with Crippen LogP contribution in [0.5, 0.6) is 0 Å². The molecule has 1 fully saturated rings. The fourth-order valence-corrected chi connectivity index (χ4v) is 2.57. The summed E-state index contributed by atoms with van der Waals surface area (Å²) in [5, 5.41) is 12.5. The van der Waals surface area contributed by atoms with E-state index in [0.29, 0.717) is 5.82 Å². The van der Waals surface area contributed by atoms with Crippen LogP contribution in [0.25, 0.3) is 0 Å². The molecule has 2 N–H and O–H groups in total. The van der Waals surface area contributed by atoms with Gasteiger partial charge in [0.2, 0.25) is 5.91 Å². The van der Waals surface area contributed by atoms with E-state index in [-0.39, 0.29) is 12.0 Å². The van der Waals surface area contributed by atoms with E-state index >= 15 is 0 Å². The first kappa shape index (κ1) is 17.9. The molecule has 2 rings (SSSR count). The van der Waals surface area contributed by atoms with Crippen LogP contribution in [0.4, 0.5) is 5.82 Å². The highest BCUT2D eigenvalue weighted by Crippen LogP contribution is 2.23. The maximum absolute atomic E-state index is 12.3. The summed E-state index contributed by atoms with van der Waals surface area (Å²) < 4.78 is 0. The third-order valence-electron chi connectivity index (χ3n) is 4.91. The lowest BCUT2D eigenvalue weighted by molar-refractivity contribution is -0.124.